The summed E-state index contributed by atoms with van der Waals surface area (Å²) in [4.78, 5) is 0. The molecule has 106 valence electrons. The third-order valence-corrected chi connectivity index (χ3v) is 4.63. The van der Waals surface area contributed by atoms with Crippen LogP contribution in [0.3, 0.4) is 0 Å². The van der Waals surface area contributed by atoms with Crippen molar-refractivity contribution in [1.82, 2.24) is 0 Å². The van der Waals surface area contributed by atoms with E-state index in [9.17, 15) is 0 Å². The van der Waals surface area contributed by atoms with Gasteiger partial charge in [-0.2, -0.15) is 0 Å². The molecule has 0 saturated carbocycles. The van der Waals surface area contributed by atoms with Gasteiger partial charge in [0.15, 0.2) is 0 Å². The van der Waals surface area contributed by atoms with Crippen LogP contribution in [0.25, 0.3) is 0 Å². The maximum atomic E-state index is 6.44. The summed E-state index contributed by atoms with van der Waals surface area (Å²) < 4.78 is 5.76. The van der Waals surface area contributed by atoms with Gasteiger partial charge in [0.2, 0.25) is 0 Å². The van der Waals surface area contributed by atoms with Gasteiger partial charge < -0.3 is 10.5 Å². The topological polar surface area (TPSA) is 35.2 Å². The Labute approximate surface area is 117 Å². The highest BCUT2D eigenvalue weighted by atomic mass is 16.5. The second kappa shape index (κ2) is 6.53. The molecule has 2 rings (SSSR count). The molecule has 19 heavy (non-hydrogen) atoms. The number of nitrogens with two attached hydrogens (primary N) is 1. The Bertz CT molecular complexity index is 387. The zero-order chi connectivity index (χ0) is 13.8. The quantitative estimate of drug-likeness (QED) is 0.869. The lowest BCUT2D eigenvalue weighted by atomic mass is 9.86. The number of hydrogen-bond donors (Lipinski definition) is 1. The molecule has 1 saturated heterocycles. The van der Waals surface area contributed by atoms with Crippen molar-refractivity contribution in [2.24, 2.45) is 11.7 Å². The Morgan fingerprint density at radius 2 is 1.84 bits per heavy atom. The van der Waals surface area contributed by atoms with Gasteiger partial charge in [-0.25, -0.2) is 0 Å². The SMILES string of the molecule is CCC(C)c1ccc(C(N)C2CCOC2CC)cc1. The van der Waals surface area contributed by atoms with E-state index in [1.807, 2.05) is 0 Å². The van der Waals surface area contributed by atoms with Gasteiger partial charge in [-0.05, 0) is 36.3 Å². The fraction of sp³-hybridized carbons (Fsp3) is 0.647. The fourth-order valence-electron chi connectivity index (χ4n) is 3.03. The lowest BCUT2D eigenvalue weighted by Gasteiger charge is -2.24. The third-order valence-electron chi connectivity index (χ3n) is 4.63. The Morgan fingerprint density at radius 1 is 1.21 bits per heavy atom. The molecule has 0 amide bonds. The molecule has 1 heterocycles. The standard InChI is InChI=1S/C17H27NO/c1-4-12(3)13-6-8-14(9-7-13)17(18)15-10-11-19-16(15)5-2/h6-9,12,15-17H,4-5,10-11,18H2,1-3H3. The van der Waals surface area contributed by atoms with E-state index in [1.165, 1.54) is 17.5 Å². The molecule has 4 atom stereocenters. The summed E-state index contributed by atoms with van der Waals surface area (Å²) in [5.74, 6) is 1.10. The molecule has 0 bridgehead atoms. The van der Waals surface area contributed by atoms with Crippen molar-refractivity contribution >= 4 is 0 Å². The van der Waals surface area contributed by atoms with Crippen LogP contribution < -0.4 is 5.73 Å². The minimum atomic E-state index is 0.110. The van der Waals surface area contributed by atoms with Crippen molar-refractivity contribution in [2.75, 3.05) is 6.61 Å². The van der Waals surface area contributed by atoms with E-state index < -0.39 is 0 Å². The number of benzene rings is 1. The minimum absolute atomic E-state index is 0.110. The van der Waals surface area contributed by atoms with Crippen LogP contribution in [0.15, 0.2) is 24.3 Å². The molecule has 1 aromatic carbocycles. The number of ether oxygens (including phenoxy) is 1. The molecular formula is C17H27NO. The van der Waals surface area contributed by atoms with Crippen molar-refractivity contribution in [1.29, 1.82) is 0 Å². The first-order valence-corrected chi connectivity index (χ1v) is 7.64. The van der Waals surface area contributed by atoms with E-state index in [0.717, 1.165) is 19.4 Å². The Morgan fingerprint density at radius 3 is 2.42 bits per heavy atom. The predicted octanol–water partition coefficient (Wildman–Crippen LogP) is 4.02. The summed E-state index contributed by atoms with van der Waals surface area (Å²) in [5, 5.41) is 0. The van der Waals surface area contributed by atoms with E-state index in [-0.39, 0.29) is 6.04 Å². The van der Waals surface area contributed by atoms with Crippen molar-refractivity contribution in [2.45, 2.75) is 58.1 Å². The normalized spacial score (nSPS) is 26.3. The summed E-state index contributed by atoms with van der Waals surface area (Å²) in [6, 6.07) is 8.99. The molecule has 2 nitrogen and oxygen atoms in total. The van der Waals surface area contributed by atoms with E-state index in [0.29, 0.717) is 17.9 Å². The molecule has 1 fully saturated rings. The molecule has 4 unspecified atom stereocenters. The van der Waals surface area contributed by atoms with Crippen LogP contribution in [-0.2, 0) is 4.74 Å². The monoisotopic (exact) mass is 261 g/mol. The van der Waals surface area contributed by atoms with E-state index in [4.69, 9.17) is 10.5 Å². The molecular weight excluding hydrogens is 234 g/mol. The largest absolute Gasteiger partial charge is 0.378 e. The highest BCUT2D eigenvalue weighted by molar-refractivity contribution is 5.27. The summed E-state index contributed by atoms with van der Waals surface area (Å²) >= 11 is 0. The first-order chi connectivity index (χ1) is 9.17. The lowest BCUT2D eigenvalue weighted by Crippen LogP contribution is -2.27. The molecule has 0 radical (unpaired) electrons. The summed E-state index contributed by atoms with van der Waals surface area (Å²) in [6.45, 7) is 7.54. The van der Waals surface area contributed by atoms with Crippen molar-refractivity contribution in [3.63, 3.8) is 0 Å². The zero-order valence-corrected chi connectivity index (χ0v) is 12.4. The van der Waals surface area contributed by atoms with Gasteiger partial charge in [0.1, 0.15) is 0 Å². The van der Waals surface area contributed by atoms with Crippen LogP contribution in [0.5, 0.6) is 0 Å². The predicted molar refractivity (Wildman–Crippen MR) is 80.2 cm³/mol. The fourth-order valence-corrected chi connectivity index (χ4v) is 3.03. The number of hydrogen-bond acceptors (Lipinski definition) is 2. The van der Waals surface area contributed by atoms with Gasteiger partial charge in [-0.1, -0.05) is 45.0 Å². The lowest BCUT2D eigenvalue weighted by molar-refractivity contribution is 0.0813. The molecule has 2 heteroatoms. The molecule has 2 N–H and O–H groups in total. The summed E-state index contributed by atoms with van der Waals surface area (Å²) in [5.41, 5.74) is 9.11. The molecule has 1 aliphatic heterocycles. The van der Waals surface area contributed by atoms with Crippen molar-refractivity contribution in [3.05, 3.63) is 35.4 Å². The van der Waals surface area contributed by atoms with Gasteiger partial charge in [-0.15, -0.1) is 0 Å². The first kappa shape index (κ1) is 14.5. The molecule has 1 aliphatic rings. The number of rotatable bonds is 5. The van der Waals surface area contributed by atoms with Crippen LogP contribution in [0.1, 0.15) is 63.1 Å². The third kappa shape index (κ3) is 3.18. The van der Waals surface area contributed by atoms with Crippen LogP contribution >= 0.6 is 0 Å². The first-order valence-electron chi connectivity index (χ1n) is 7.64. The van der Waals surface area contributed by atoms with E-state index in [1.54, 1.807) is 0 Å². The zero-order valence-electron chi connectivity index (χ0n) is 12.4. The highest BCUT2D eigenvalue weighted by Crippen LogP contribution is 2.33. The Hall–Kier alpha value is -0.860. The van der Waals surface area contributed by atoms with Crippen LogP contribution in [0, 0.1) is 5.92 Å². The average molecular weight is 261 g/mol. The Balaban J connectivity index is 2.09. The van der Waals surface area contributed by atoms with Gasteiger partial charge in [0, 0.05) is 18.6 Å². The van der Waals surface area contributed by atoms with Crippen LogP contribution in [0.2, 0.25) is 0 Å². The van der Waals surface area contributed by atoms with E-state index in [2.05, 4.69) is 45.0 Å². The second-order valence-electron chi connectivity index (χ2n) is 5.77. The Kier molecular flexibility index (Phi) is 5.00. The smallest absolute Gasteiger partial charge is 0.0619 e. The second-order valence-corrected chi connectivity index (χ2v) is 5.77. The van der Waals surface area contributed by atoms with Crippen LogP contribution in [-0.4, -0.2) is 12.7 Å². The minimum Gasteiger partial charge on any atom is -0.378 e. The summed E-state index contributed by atoms with van der Waals surface area (Å²) in [6.07, 6.45) is 3.67. The van der Waals surface area contributed by atoms with Gasteiger partial charge in [0.05, 0.1) is 6.10 Å². The van der Waals surface area contributed by atoms with Gasteiger partial charge in [0.25, 0.3) is 0 Å². The van der Waals surface area contributed by atoms with Crippen molar-refractivity contribution < 1.29 is 4.74 Å². The van der Waals surface area contributed by atoms with Gasteiger partial charge >= 0.3 is 0 Å². The van der Waals surface area contributed by atoms with E-state index >= 15 is 0 Å². The maximum absolute atomic E-state index is 6.44. The molecule has 0 aromatic heterocycles. The highest BCUT2D eigenvalue weighted by Gasteiger charge is 2.32. The summed E-state index contributed by atoms with van der Waals surface area (Å²) in [7, 11) is 0. The van der Waals surface area contributed by atoms with Gasteiger partial charge in [-0.3, -0.25) is 0 Å². The average Bonchev–Trinajstić information content (AvgIpc) is 2.94. The van der Waals surface area contributed by atoms with Crippen LogP contribution in [0.4, 0.5) is 0 Å². The molecule has 0 spiro atoms. The maximum Gasteiger partial charge on any atom is 0.0619 e. The van der Waals surface area contributed by atoms with Crippen molar-refractivity contribution in [3.8, 4) is 0 Å². The molecule has 1 aromatic rings. The molecule has 0 aliphatic carbocycles.